The van der Waals surface area contributed by atoms with Crippen molar-refractivity contribution in [3.05, 3.63) is 94.4 Å². The van der Waals surface area contributed by atoms with E-state index in [0.29, 0.717) is 39.7 Å². The number of esters is 1. The van der Waals surface area contributed by atoms with Crippen LogP contribution in [0.4, 0.5) is 0 Å². The highest BCUT2D eigenvalue weighted by molar-refractivity contribution is 5.92. The summed E-state index contributed by atoms with van der Waals surface area (Å²) in [4.78, 5) is 12.6. The molecule has 33 heavy (non-hydrogen) atoms. The molecule has 0 bridgehead atoms. The maximum absolute atomic E-state index is 12.6. The molecule has 0 saturated heterocycles. The number of nitrogens with two attached hydrogens (primary N) is 1. The lowest BCUT2D eigenvalue weighted by molar-refractivity contribution is 0.0733. The van der Waals surface area contributed by atoms with Crippen LogP contribution >= 0.6 is 0 Å². The quantitative estimate of drug-likeness (QED) is 0.460. The zero-order chi connectivity index (χ0) is 23.5. The summed E-state index contributed by atoms with van der Waals surface area (Å²) < 4.78 is 22.2. The van der Waals surface area contributed by atoms with E-state index >= 15 is 0 Å². The van der Waals surface area contributed by atoms with Crippen molar-refractivity contribution in [2.24, 2.45) is 5.73 Å². The first kappa shape index (κ1) is 21.8. The Balaban J connectivity index is 1.76. The zero-order valence-electron chi connectivity index (χ0n) is 18.4. The summed E-state index contributed by atoms with van der Waals surface area (Å²) in [6, 6.07) is 19.7. The average Bonchev–Trinajstić information content (AvgIpc) is 2.82. The molecule has 0 aliphatic carbocycles. The molecular formula is C26H22N2O5. The molecule has 2 N–H and O–H groups in total. The molecule has 1 heterocycles. The van der Waals surface area contributed by atoms with Crippen LogP contribution in [0, 0.1) is 18.3 Å². The Bertz CT molecular complexity index is 1310. The van der Waals surface area contributed by atoms with E-state index in [2.05, 4.69) is 6.07 Å². The van der Waals surface area contributed by atoms with Gasteiger partial charge in [-0.3, -0.25) is 0 Å². The fourth-order valence-corrected chi connectivity index (χ4v) is 3.85. The van der Waals surface area contributed by atoms with Crippen LogP contribution < -0.4 is 24.7 Å². The topological polar surface area (TPSA) is 104 Å². The van der Waals surface area contributed by atoms with Crippen molar-refractivity contribution in [3.8, 4) is 29.1 Å². The molecule has 1 aliphatic heterocycles. The molecule has 0 aromatic heterocycles. The lowest BCUT2D eigenvalue weighted by Crippen LogP contribution is -2.21. The Kier molecular flexibility index (Phi) is 5.92. The number of hydrogen-bond acceptors (Lipinski definition) is 7. The van der Waals surface area contributed by atoms with Gasteiger partial charge in [0.1, 0.15) is 34.6 Å². The van der Waals surface area contributed by atoms with E-state index in [1.807, 2.05) is 19.1 Å². The monoisotopic (exact) mass is 442 g/mol. The number of rotatable bonds is 5. The van der Waals surface area contributed by atoms with Crippen molar-refractivity contribution >= 4 is 5.97 Å². The van der Waals surface area contributed by atoms with Crippen LogP contribution in [0.2, 0.25) is 0 Å². The van der Waals surface area contributed by atoms with Gasteiger partial charge in [-0.25, -0.2) is 4.79 Å². The van der Waals surface area contributed by atoms with Gasteiger partial charge in [-0.05, 0) is 42.8 Å². The maximum atomic E-state index is 12.6. The molecule has 4 rings (SSSR count). The Labute approximate surface area is 191 Å². The van der Waals surface area contributed by atoms with Crippen LogP contribution in [-0.2, 0) is 0 Å². The number of hydrogen-bond donors (Lipinski definition) is 1. The summed E-state index contributed by atoms with van der Waals surface area (Å²) in [6.07, 6.45) is 0. The summed E-state index contributed by atoms with van der Waals surface area (Å²) in [5.41, 5.74) is 9.03. The summed E-state index contributed by atoms with van der Waals surface area (Å²) in [5.74, 6) is 0.814. The Morgan fingerprint density at radius 2 is 1.76 bits per heavy atom. The normalized spacial score (nSPS) is 14.5. The Morgan fingerprint density at radius 3 is 2.45 bits per heavy atom. The second-order valence-corrected chi connectivity index (χ2v) is 7.44. The minimum Gasteiger partial charge on any atom is -0.497 e. The van der Waals surface area contributed by atoms with Crippen LogP contribution in [0.15, 0.2) is 72.1 Å². The molecular weight excluding hydrogens is 420 g/mol. The molecule has 1 aliphatic rings. The van der Waals surface area contributed by atoms with Crippen molar-refractivity contribution < 1.29 is 23.7 Å². The number of carbonyl (C=O) groups is 1. The molecule has 0 amide bonds. The number of fused-ring (bicyclic) bond motifs is 1. The third-order valence-corrected chi connectivity index (χ3v) is 5.51. The molecule has 1 unspecified atom stereocenters. The molecule has 7 heteroatoms. The number of nitriles is 1. The van der Waals surface area contributed by atoms with Gasteiger partial charge in [0.25, 0.3) is 0 Å². The predicted molar refractivity (Wildman–Crippen MR) is 121 cm³/mol. The summed E-state index contributed by atoms with van der Waals surface area (Å²) in [7, 11) is 3.12. The van der Waals surface area contributed by atoms with E-state index in [4.69, 9.17) is 24.7 Å². The van der Waals surface area contributed by atoms with Crippen molar-refractivity contribution in [1.82, 2.24) is 0 Å². The van der Waals surface area contributed by atoms with E-state index in [1.165, 1.54) is 0 Å². The minimum absolute atomic E-state index is 0.0257. The molecule has 0 fully saturated rings. The highest BCUT2D eigenvalue weighted by Crippen LogP contribution is 2.46. The number of ether oxygens (including phenoxy) is 4. The number of carbonyl (C=O) groups excluding carboxylic acids is 1. The summed E-state index contributed by atoms with van der Waals surface area (Å²) >= 11 is 0. The highest BCUT2D eigenvalue weighted by Gasteiger charge is 2.33. The van der Waals surface area contributed by atoms with Crippen LogP contribution in [0.5, 0.6) is 23.0 Å². The van der Waals surface area contributed by atoms with E-state index < -0.39 is 11.9 Å². The third kappa shape index (κ3) is 4.06. The van der Waals surface area contributed by atoms with Crippen molar-refractivity contribution in [2.45, 2.75) is 12.8 Å². The molecule has 7 nitrogen and oxygen atoms in total. The van der Waals surface area contributed by atoms with Gasteiger partial charge < -0.3 is 24.7 Å². The minimum atomic E-state index is -0.551. The highest BCUT2D eigenvalue weighted by atomic mass is 16.5. The van der Waals surface area contributed by atoms with Gasteiger partial charge in [0, 0.05) is 17.2 Å². The fraction of sp³-hybridized carbons (Fsp3) is 0.154. The summed E-state index contributed by atoms with van der Waals surface area (Å²) in [6.45, 7) is 1.84. The number of methoxy groups -OCH3 is 2. The standard InChI is InChI=1S/C26H22N2O5/c1-15-6-4-5-7-18(15)26(29)32-17-8-10-19-23(13-17)33-25(28)21(14-27)24(19)20-12-16(30-2)9-11-22(20)31-3/h4-13,24H,28H2,1-3H3. The first-order chi connectivity index (χ1) is 16.0. The molecule has 0 saturated carbocycles. The first-order valence-electron chi connectivity index (χ1n) is 10.2. The van der Waals surface area contributed by atoms with E-state index in [0.717, 1.165) is 5.56 Å². The smallest absolute Gasteiger partial charge is 0.343 e. The van der Waals surface area contributed by atoms with Crippen molar-refractivity contribution in [2.75, 3.05) is 14.2 Å². The molecule has 0 spiro atoms. The summed E-state index contributed by atoms with van der Waals surface area (Å²) in [5, 5.41) is 9.83. The van der Waals surface area contributed by atoms with E-state index in [1.54, 1.807) is 62.8 Å². The van der Waals surface area contributed by atoms with Gasteiger partial charge in [-0.15, -0.1) is 0 Å². The number of allylic oxidation sites excluding steroid dienone is 1. The Morgan fingerprint density at radius 1 is 1.00 bits per heavy atom. The number of nitrogens with zero attached hydrogens (tertiary/aromatic N) is 1. The van der Waals surface area contributed by atoms with Gasteiger partial charge in [0.15, 0.2) is 0 Å². The van der Waals surface area contributed by atoms with E-state index in [9.17, 15) is 10.1 Å². The SMILES string of the molecule is COc1ccc(OC)c(C2C(C#N)=C(N)Oc3cc(OC(=O)c4ccccc4C)ccc32)c1. The van der Waals surface area contributed by atoms with Gasteiger partial charge >= 0.3 is 5.97 Å². The van der Waals surface area contributed by atoms with Gasteiger partial charge in [-0.1, -0.05) is 24.3 Å². The number of benzene rings is 3. The van der Waals surface area contributed by atoms with Gasteiger partial charge in [0.05, 0.1) is 25.7 Å². The van der Waals surface area contributed by atoms with Crippen LogP contribution in [0.25, 0.3) is 0 Å². The van der Waals surface area contributed by atoms with Crippen LogP contribution in [0.1, 0.15) is 33.0 Å². The van der Waals surface area contributed by atoms with Crippen molar-refractivity contribution in [1.29, 1.82) is 5.26 Å². The lowest BCUT2D eigenvalue weighted by Gasteiger charge is -2.28. The third-order valence-electron chi connectivity index (χ3n) is 5.51. The second kappa shape index (κ2) is 8.97. The number of aryl methyl sites for hydroxylation is 1. The molecule has 166 valence electrons. The molecule has 3 aromatic rings. The molecule has 1 atom stereocenters. The van der Waals surface area contributed by atoms with Crippen LogP contribution in [0.3, 0.4) is 0 Å². The molecule has 3 aromatic carbocycles. The lowest BCUT2D eigenvalue weighted by atomic mass is 9.83. The van der Waals surface area contributed by atoms with Crippen LogP contribution in [-0.4, -0.2) is 20.2 Å². The predicted octanol–water partition coefficient (Wildman–Crippen LogP) is 4.45. The Hall–Kier alpha value is -4.44. The maximum Gasteiger partial charge on any atom is 0.343 e. The second-order valence-electron chi connectivity index (χ2n) is 7.44. The largest absolute Gasteiger partial charge is 0.497 e. The van der Waals surface area contributed by atoms with Gasteiger partial charge in [0.2, 0.25) is 5.88 Å². The zero-order valence-corrected chi connectivity index (χ0v) is 18.4. The van der Waals surface area contributed by atoms with E-state index in [-0.39, 0.29) is 11.5 Å². The molecule has 0 radical (unpaired) electrons. The van der Waals surface area contributed by atoms with Crippen molar-refractivity contribution in [3.63, 3.8) is 0 Å². The average molecular weight is 442 g/mol. The van der Waals surface area contributed by atoms with Gasteiger partial charge in [-0.2, -0.15) is 5.26 Å². The first-order valence-corrected chi connectivity index (χ1v) is 10.2. The fourth-order valence-electron chi connectivity index (χ4n) is 3.85.